The van der Waals surface area contributed by atoms with Crippen LogP contribution in [0.3, 0.4) is 0 Å². The van der Waals surface area contributed by atoms with Gasteiger partial charge < -0.3 is 9.64 Å². The second-order valence-electron chi connectivity index (χ2n) is 7.79. The van der Waals surface area contributed by atoms with E-state index in [-0.39, 0.29) is 23.5 Å². The van der Waals surface area contributed by atoms with Gasteiger partial charge in [0.05, 0.1) is 18.3 Å². The summed E-state index contributed by atoms with van der Waals surface area (Å²) in [5, 5.41) is 3.57. The molecule has 0 saturated carbocycles. The molecule has 1 aromatic carbocycles. The average molecular weight is 383 g/mol. The van der Waals surface area contributed by atoms with Gasteiger partial charge in [-0.2, -0.15) is 0 Å². The Labute approximate surface area is 164 Å². The van der Waals surface area contributed by atoms with Crippen LogP contribution in [0.5, 0.6) is 5.75 Å². The highest BCUT2D eigenvalue weighted by Gasteiger charge is 2.50. The van der Waals surface area contributed by atoms with E-state index in [1.165, 1.54) is 6.07 Å². The van der Waals surface area contributed by atoms with E-state index in [0.29, 0.717) is 6.61 Å². The number of carbonyl (C=O) groups is 1. The predicted molar refractivity (Wildman–Crippen MR) is 106 cm³/mol. The minimum absolute atomic E-state index is 0.0425. The van der Waals surface area contributed by atoms with Crippen LogP contribution in [0.2, 0.25) is 0 Å². The fourth-order valence-electron chi connectivity index (χ4n) is 4.38. The summed E-state index contributed by atoms with van der Waals surface area (Å²) in [6.07, 6.45) is 2.55. The van der Waals surface area contributed by atoms with Crippen molar-refractivity contribution < 1.29 is 13.9 Å². The standard InChI is InChI=1S/C22H26FN3O2/c1-4-28-20-13-15(5-6-17(20)23)16-11-14(2)24-19(12-16)18-7-8-22(25-18)9-10-26(3)21(22)27/h5-6,11-13,18,25H,4,7-10H2,1-3H3/t18-,22-/m1/s1. The summed E-state index contributed by atoms with van der Waals surface area (Å²) in [4.78, 5) is 19.1. The number of rotatable bonds is 4. The third-order valence-electron chi connectivity index (χ3n) is 5.84. The van der Waals surface area contributed by atoms with Crippen molar-refractivity contribution >= 4 is 5.91 Å². The third-order valence-corrected chi connectivity index (χ3v) is 5.84. The van der Waals surface area contributed by atoms with E-state index in [2.05, 4.69) is 5.32 Å². The Morgan fingerprint density at radius 1 is 1.29 bits per heavy atom. The number of nitrogens with zero attached hydrogens (tertiary/aromatic N) is 2. The first-order valence-electron chi connectivity index (χ1n) is 9.86. The number of likely N-dealkylation sites (N-methyl/N-ethyl adjacent to an activating group) is 1. The van der Waals surface area contributed by atoms with Gasteiger partial charge in [-0.3, -0.25) is 15.1 Å². The Morgan fingerprint density at radius 2 is 2.11 bits per heavy atom. The summed E-state index contributed by atoms with van der Waals surface area (Å²) in [5.74, 6) is 0.0798. The van der Waals surface area contributed by atoms with Gasteiger partial charge in [-0.1, -0.05) is 6.07 Å². The zero-order valence-electron chi connectivity index (χ0n) is 16.6. The van der Waals surface area contributed by atoms with Crippen LogP contribution < -0.4 is 10.1 Å². The molecule has 4 rings (SSSR count). The summed E-state index contributed by atoms with van der Waals surface area (Å²) in [6.45, 7) is 5.00. The maximum atomic E-state index is 13.9. The smallest absolute Gasteiger partial charge is 0.242 e. The highest BCUT2D eigenvalue weighted by molar-refractivity contribution is 5.88. The van der Waals surface area contributed by atoms with Gasteiger partial charge >= 0.3 is 0 Å². The number of pyridine rings is 1. The molecule has 1 N–H and O–H groups in total. The van der Waals surface area contributed by atoms with Crippen molar-refractivity contribution in [2.45, 2.75) is 44.7 Å². The van der Waals surface area contributed by atoms with E-state index in [1.54, 1.807) is 17.0 Å². The fraction of sp³-hybridized carbons (Fsp3) is 0.455. The molecule has 2 saturated heterocycles. The Bertz CT molecular complexity index is 917. The molecule has 148 valence electrons. The monoisotopic (exact) mass is 383 g/mol. The van der Waals surface area contributed by atoms with Crippen LogP contribution in [0, 0.1) is 12.7 Å². The second-order valence-corrected chi connectivity index (χ2v) is 7.79. The number of benzene rings is 1. The van der Waals surface area contributed by atoms with Crippen molar-refractivity contribution in [3.8, 4) is 16.9 Å². The number of aryl methyl sites for hydroxylation is 1. The lowest BCUT2D eigenvalue weighted by Crippen LogP contribution is -2.47. The van der Waals surface area contributed by atoms with Gasteiger partial charge in [-0.25, -0.2) is 4.39 Å². The minimum Gasteiger partial charge on any atom is -0.491 e. The number of likely N-dealkylation sites (tertiary alicyclic amines) is 1. The number of carbonyl (C=O) groups excluding carboxylic acids is 1. The van der Waals surface area contributed by atoms with Gasteiger partial charge in [-0.05, 0) is 68.5 Å². The summed E-state index contributed by atoms with van der Waals surface area (Å²) < 4.78 is 19.3. The van der Waals surface area contributed by atoms with Crippen LogP contribution in [-0.4, -0.2) is 41.5 Å². The predicted octanol–water partition coefficient (Wildman–Crippen LogP) is 3.62. The molecule has 2 atom stereocenters. The number of aromatic nitrogens is 1. The summed E-state index contributed by atoms with van der Waals surface area (Å²) in [5.41, 5.74) is 3.24. The van der Waals surface area contributed by atoms with Crippen molar-refractivity contribution in [2.75, 3.05) is 20.2 Å². The van der Waals surface area contributed by atoms with Crippen molar-refractivity contribution in [1.29, 1.82) is 0 Å². The van der Waals surface area contributed by atoms with Crippen molar-refractivity contribution in [3.63, 3.8) is 0 Å². The summed E-state index contributed by atoms with van der Waals surface area (Å²) >= 11 is 0. The molecule has 0 radical (unpaired) electrons. The number of nitrogens with one attached hydrogen (secondary N) is 1. The van der Waals surface area contributed by atoms with Crippen LogP contribution in [0.1, 0.15) is 43.6 Å². The molecule has 1 spiro atoms. The van der Waals surface area contributed by atoms with Gasteiger partial charge in [0.25, 0.3) is 0 Å². The molecule has 1 aromatic heterocycles. The molecule has 1 amide bonds. The van der Waals surface area contributed by atoms with Crippen molar-refractivity contribution in [1.82, 2.24) is 15.2 Å². The molecular weight excluding hydrogens is 357 g/mol. The quantitative estimate of drug-likeness (QED) is 0.876. The Kier molecular flexibility index (Phi) is 4.83. The third kappa shape index (κ3) is 3.26. The van der Waals surface area contributed by atoms with Gasteiger partial charge in [0, 0.05) is 19.3 Å². The van der Waals surface area contributed by atoms with Crippen LogP contribution in [0.4, 0.5) is 4.39 Å². The fourth-order valence-corrected chi connectivity index (χ4v) is 4.38. The molecule has 5 nitrogen and oxygen atoms in total. The lowest BCUT2D eigenvalue weighted by atomic mass is 9.96. The lowest BCUT2D eigenvalue weighted by Gasteiger charge is -2.23. The first-order chi connectivity index (χ1) is 13.4. The molecule has 6 heteroatoms. The maximum Gasteiger partial charge on any atom is 0.242 e. The van der Waals surface area contributed by atoms with Crippen LogP contribution >= 0.6 is 0 Å². The van der Waals surface area contributed by atoms with E-state index in [0.717, 1.165) is 48.3 Å². The van der Waals surface area contributed by atoms with Gasteiger partial charge in [0.15, 0.2) is 11.6 Å². The highest BCUT2D eigenvalue weighted by atomic mass is 19.1. The molecule has 2 aliphatic rings. The Balaban J connectivity index is 1.64. The normalized spacial score (nSPS) is 24.4. The highest BCUT2D eigenvalue weighted by Crippen LogP contribution is 2.39. The lowest BCUT2D eigenvalue weighted by molar-refractivity contribution is -0.131. The van der Waals surface area contributed by atoms with Crippen molar-refractivity contribution in [2.24, 2.45) is 0 Å². The van der Waals surface area contributed by atoms with E-state index in [4.69, 9.17) is 9.72 Å². The topological polar surface area (TPSA) is 54.5 Å². The molecule has 2 fully saturated rings. The zero-order valence-corrected chi connectivity index (χ0v) is 16.6. The van der Waals surface area contributed by atoms with E-state index in [9.17, 15) is 9.18 Å². The number of ether oxygens (including phenoxy) is 1. The number of hydrogen-bond donors (Lipinski definition) is 1. The molecule has 0 unspecified atom stereocenters. The zero-order chi connectivity index (χ0) is 19.9. The van der Waals surface area contributed by atoms with Crippen LogP contribution in [0.15, 0.2) is 30.3 Å². The largest absolute Gasteiger partial charge is 0.491 e. The molecule has 2 aliphatic heterocycles. The van der Waals surface area contributed by atoms with Crippen molar-refractivity contribution in [3.05, 3.63) is 47.5 Å². The summed E-state index contributed by atoms with van der Waals surface area (Å²) in [6, 6.07) is 9.00. The first kappa shape index (κ1) is 18.9. The maximum absolute atomic E-state index is 13.9. The number of halogens is 1. The van der Waals surface area contributed by atoms with Crippen LogP contribution in [0.25, 0.3) is 11.1 Å². The minimum atomic E-state index is -0.441. The van der Waals surface area contributed by atoms with Gasteiger partial charge in [0.1, 0.15) is 5.54 Å². The molecule has 0 aliphatic carbocycles. The van der Waals surface area contributed by atoms with Gasteiger partial charge in [-0.15, -0.1) is 0 Å². The van der Waals surface area contributed by atoms with Gasteiger partial charge in [0.2, 0.25) is 5.91 Å². The van der Waals surface area contributed by atoms with E-state index in [1.807, 2.05) is 33.0 Å². The molecule has 3 heterocycles. The second kappa shape index (κ2) is 7.17. The Morgan fingerprint density at radius 3 is 2.82 bits per heavy atom. The summed E-state index contributed by atoms with van der Waals surface area (Å²) in [7, 11) is 1.86. The molecule has 2 aromatic rings. The molecule has 28 heavy (non-hydrogen) atoms. The molecule has 0 bridgehead atoms. The van der Waals surface area contributed by atoms with E-state index >= 15 is 0 Å². The first-order valence-corrected chi connectivity index (χ1v) is 9.86. The Hall–Kier alpha value is -2.47. The van der Waals surface area contributed by atoms with Crippen LogP contribution in [-0.2, 0) is 4.79 Å². The SMILES string of the molecule is CCOc1cc(-c2cc(C)nc([C@H]3CC[C@]4(CCN(C)C4=O)N3)c2)ccc1F. The molecular formula is C22H26FN3O2. The average Bonchev–Trinajstić information content (AvgIpc) is 3.23. The number of amides is 1. The number of hydrogen-bond acceptors (Lipinski definition) is 4. The van der Waals surface area contributed by atoms with E-state index < -0.39 is 5.54 Å².